The maximum atomic E-state index is 12.4. The molecule has 5 heteroatoms. The van der Waals surface area contributed by atoms with E-state index in [9.17, 15) is 9.59 Å². The Bertz CT molecular complexity index is 634. The molecule has 2 saturated heterocycles. The van der Waals surface area contributed by atoms with Crippen molar-refractivity contribution in [2.45, 2.75) is 25.7 Å². The molecule has 0 atom stereocenters. The average molecular weight is 342 g/mol. The molecule has 0 aliphatic carbocycles. The molecule has 0 bridgehead atoms. The number of piperidine rings is 1. The number of benzene rings is 1. The van der Waals surface area contributed by atoms with Gasteiger partial charge in [-0.1, -0.05) is 42.5 Å². The van der Waals surface area contributed by atoms with Gasteiger partial charge in [-0.3, -0.25) is 9.59 Å². The summed E-state index contributed by atoms with van der Waals surface area (Å²) in [6.07, 6.45) is 6.93. The zero-order valence-electron chi connectivity index (χ0n) is 14.6. The molecular formula is C20H26N2O3. The van der Waals surface area contributed by atoms with Crippen molar-refractivity contribution in [1.29, 1.82) is 0 Å². The van der Waals surface area contributed by atoms with Crippen molar-refractivity contribution in [2.75, 3.05) is 32.7 Å². The lowest BCUT2D eigenvalue weighted by Gasteiger charge is -2.38. The van der Waals surface area contributed by atoms with Gasteiger partial charge in [0.25, 0.3) is 0 Å². The molecule has 5 nitrogen and oxygen atoms in total. The largest absolute Gasteiger partial charge is 0.481 e. The Hall–Kier alpha value is -2.14. The molecule has 1 aromatic rings. The number of likely N-dealkylation sites (tertiary alicyclic amines) is 2. The van der Waals surface area contributed by atoms with Crippen LogP contribution >= 0.6 is 0 Å². The van der Waals surface area contributed by atoms with E-state index in [0.717, 1.165) is 38.0 Å². The third-order valence-corrected chi connectivity index (χ3v) is 5.40. The molecule has 0 unspecified atom stereocenters. The predicted octanol–water partition coefficient (Wildman–Crippen LogP) is 2.49. The Kier molecular flexibility index (Phi) is 5.53. The standard InChI is InChI=1S/C20H26N2O3/c23-18-15-20(9-13-21(14-10-20)12-8-19(24)25)16-22(18)11-4-7-17-5-2-1-3-6-17/h1-7H,8-16H2,(H,24,25)/b7-4+. The summed E-state index contributed by atoms with van der Waals surface area (Å²) in [6.45, 7) is 3.90. The molecule has 25 heavy (non-hydrogen) atoms. The summed E-state index contributed by atoms with van der Waals surface area (Å²) in [5.41, 5.74) is 1.24. The third kappa shape index (κ3) is 4.69. The summed E-state index contributed by atoms with van der Waals surface area (Å²) in [6, 6.07) is 10.1. The molecule has 1 aromatic carbocycles. The summed E-state index contributed by atoms with van der Waals surface area (Å²) >= 11 is 0. The molecule has 1 amide bonds. The van der Waals surface area contributed by atoms with Crippen LogP contribution in [0.1, 0.15) is 31.2 Å². The van der Waals surface area contributed by atoms with Crippen LogP contribution in [0.15, 0.2) is 36.4 Å². The Labute approximate surface area is 148 Å². The van der Waals surface area contributed by atoms with Gasteiger partial charge in [-0.2, -0.15) is 0 Å². The number of carbonyl (C=O) groups excluding carboxylic acids is 1. The van der Waals surface area contributed by atoms with E-state index in [1.54, 1.807) is 0 Å². The molecular weight excluding hydrogens is 316 g/mol. The fraction of sp³-hybridized carbons (Fsp3) is 0.500. The molecule has 2 aliphatic heterocycles. The first-order chi connectivity index (χ1) is 12.1. The first-order valence-electron chi connectivity index (χ1n) is 9.00. The molecule has 134 valence electrons. The van der Waals surface area contributed by atoms with Crippen LogP contribution in [-0.4, -0.2) is 59.5 Å². The zero-order chi connectivity index (χ0) is 17.7. The van der Waals surface area contributed by atoms with Crippen LogP contribution in [0.2, 0.25) is 0 Å². The van der Waals surface area contributed by atoms with Crippen LogP contribution in [0.5, 0.6) is 0 Å². The molecule has 2 aliphatic rings. The lowest BCUT2D eigenvalue weighted by Crippen LogP contribution is -2.42. The fourth-order valence-corrected chi connectivity index (χ4v) is 3.87. The van der Waals surface area contributed by atoms with Crippen LogP contribution in [0.4, 0.5) is 0 Å². The number of amides is 1. The molecule has 0 radical (unpaired) electrons. The Morgan fingerprint density at radius 2 is 1.92 bits per heavy atom. The minimum atomic E-state index is -0.743. The van der Waals surface area contributed by atoms with E-state index >= 15 is 0 Å². The summed E-state index contributed by atoms with van der Waals surface area (Å²) < 4.78 is 0. The Balaban J connectivity index is 1.49. The van der Waals surface area contributed by atoms with Gasteiger partial charge in [-0.15, -0.1) is 0 Å². The van der Waals surface area contributed by atoms with E-state index in [2.05, 4.69) is 29.2 Å². The summed E-state index contributed by atoms with van der Waals surface area (Å²) in [5, 5.41) is 8.80. The molecule has 3 rings (SSSR count). The van der Waals surface area contributed by atoms with E-state index in [4.69, 9.17) is 5.11 Å². The topological polar surface area (TPSA) is 60.9 Å². The highest BCUT2D eigenvalue weighted by atomic mass is 16.4. The molecule has 2 heterocycles. The second-order valence-corrected chi connectivity index (χ2v) is 7.25. The van der Waals surface area contributed by atoms with Crippen LogP contribution in [0.25, 0.3) is 6.08 Å². The van der Waals surface area contributed by atoms with Crippen molar-refractivity contribution in [2.24, 2.45) is 5.41 Å². The van der Waals surface area contributed by atoms with Gasteiger partial charge < -0.3 is 14.9 Å². The van der Waals surface area contributed by atoms with Gasteiger partial charge >= 0.3 is 5.97 Å². The highest BCUT2D eigenvalue weighted by molar-refractivity contribution is 5.79. The molecule has 1 spiro atoms. The third-order valence-electron chi connectivity index (χ3n) is 5.40. The van der Waals surface area contributed by atoms with Gasteiger partial charge in [0.05, 0.1) is 6.42 Å². The van der Waals surface area contributed by atoms with Gasteiger partial charge in [0.1, 0.15) is 0 Å². The van der Waals surface area contributed by atoms with Gasteiger partial charge in [-0.05, 0) is 36.9 Å². The highest BCUT2D eigenvalue weighted by Gasteiger charge is 2.44. The maximum Gasteiger partial charge on any atom is 0.304 e. The van der Waals surface area contributed by atoms with E-state index in [0.29, 0.717) is 19.5 Å². The van der Waals surface area contributed by atoms with E-state index in [1.807, 2.05) is 23.1 Å². The van der Waals surface area contributed by atoms with Gasteiger partial charge in [0.15, 0.2) is 0 Å². The van der Waals surface area contributed by atoms with Crippen LogP contribution < -0.4 is 0 Å². The van der Waals surface area contributed by atoms with Gasteiger partial charge in [0, 0.05) is 26.1 Å². The van der Waals surface area contributed by atoms with Crippen molar-refractivity contribution >= 4 is 18.0 Å². The van der Waals surface area contributed by atoms with E-state index in [1.165, 1.54) is 0 Å². The first-order valence-corrected chi connectivity index (χ1v) is 9.00. The van der Waals surface area contributed by atoms with Gasteiger partial charge in [0.2, 0.25) is 5.91 Å². The normalized spacial score (nSPS) is 20.6. The summed E-state index contributed by atoms with van der Waals surface area (Å²) in [7, 11) is 0. The molecule has 2 fully saturated rings. The number of nitrogens with zero attached hydrogens (tertiary/aromatic N) is 2. The van der Waals surface area contributed by atoms with Crippen LogP contribution in [0, 0.1) is 5.41 Å². The lowest BCUT2D eigenvalue weighted by molar-refractivity contribution is -0.137. The highest BCUT2D eigenvalue weighted by Crippen LogP contribution is 2.40. The van der Waals surface area contributed by atoms with Crippen molar-refractivity contribution in [1.82, 2.24) is 9.80 Å². The van der Waals surface area contributed by atoms with Crippen molar-refractivity contribution in [3.05, 3.63) is 42.0 Å². The minimum absolute atomic E-state index is 0.0946. The number of hydrogen-bond donors (Lipinski definition) is 1. The zero-order valence-corrected chi connectivity index (χ0v) is 14.6. The minimum Gasteiger partial charge on any atom is -0.481 e. The predicted molar refractivity (Wildman–Crippen MR) is 97.0 cm³/mol. The van der Waals surface area contributed by atoms with Crippen LogP contribution in [-0.2, 0) is 9.59 Å². The Morgan fingerprint density at radius 1 is 1.20 bits per heavy atom. The number of carbonyl (C=O) groups is 2. The molecule has 0 aromatic heterocycles. The number of carboxylic acids is 1. The second-order valence-electron chi connectivity index (χ2n) is 7.25. The van der Waals surface area contributed by atoms with Crippen molar-refractivity contribution in [3.63, 3.8) is 0 Å². The monoisotopic (exact) mass is 342 g/mol. The fourth-order valence-electron chi connectivity index (χ4n) is 3.87. The van der Waals surface area contributed by atoms with Crippen molar-refractivity contribution in [3.8, 4) is 0 Å². The molecule has 1 N–H and O–H groups in total. The average Bonchev–Trinajstić information content (AvgIpc) is 2.91. The van der Waals surface area contributed by atoms with E-state index < -0.39 is 5.97 Å². The number of aliphatic carboxylic acids is 1. The second kappa shape index (κ2) is 7.83. The lowest BCUT2D eigenvalue weighted by atomic mass is 9.77. The van der Waals surface area contributed by atoms with Crippen molar-refractivity contribution < 1.29 is 14.7 Å². The molecule has 0 saturated carbocycles. The smallest absolute Gasteiger partial charge is 0.304 e. The van der Waals surface area contributed by atoms with Gasteiger partial charge in [-0.25, -0.2) is 0 Å². The Morgan fingerprint density at radius 3 is 2.60 bits per heavy atom. The summed E-state index contributed by atoms with van der Waals surface area (Å²) in [4.78, 5) is 27.3. The van der Waals surface area contributed by atoms with Crippen LogP contribution in [0.3, 0.4) is 0 Å². The number of carboxylic acid groups (broad SMARTS) is 1. The summed E-state index contributed by atoms with van der Waals surface area (Å²) in [5.74, 6) is -0.496. The SMILES string of the molecule is O=C(O)CCN1CCC2(CC1)CC(=O)N(C/C=C/c1ccccc1)C2. The first kappa shape index (κ1) is 17.7. The quantitative estimate of drug-likeness (QED) is 0.863. The number of hydrogen-bond acceptors (Lipinski definition) is 3. The van der Waals surface area contributed by atoms with E-state index in [-0.39, 0.29) is 17.7 Å². The number of rotatable bonds is 6. The maximum absolute atomic E-state index is 12.4.